The van der Waals surface area contributed by atoms with Gasteiger partial charge < -0.3 is 20.5 Å². The summed E-state index contributed by atoms with van der Waals surface area (Å²) in [4.78, 5) is 22.8. The summed E-state index contributed by atoms with van der Waals surface area (Å²) in [5.41, 5.74) is 4.41. The van der Waals surface area contributed by atoms with Gasteiger partial charge in [0, 0.05) is 6.54 Å². The van der Waals surface area contributed by atoms with E-state index in [9.17, 15) is 9.59 Å². The molecule has 0 aromatic carbocycles. The highest BCUT2D eigenvalue weighted by atomic mass is 16.6. The Labute approximate surface area is 108 Å². The van der Waals surface area contributed by atoms with Crippen LogP contribution in [0.1, 0.15) is 41.5 Å². The number of alkyl carbamates (subject to hydrolysis) is 1. The maximum Gasteiger partial charge on any atom is 0.407 e. The van der Waals surface area contributed by atoms with Crippen molar-refractivity contribution in [3.8, 4) is 0 Å². The molecule has 0 rings (SSSR count). The Hall–Kier alpha value is -1.30. The zero-order valence-corrected chi connectivity index (χ0v) is 12.0. The zero-order chi connectivity index (χ0) is 14.6. The first-order chi connectivity index (χ1) is 7.91. The fraction of sp³-hybridized carbons (Fsp3) is 0.833. The minimum atomic E-state index is -0.906. The van der Waals surface area contributed by atoms with E-state index in [1.54, 1.807) is 41.5 Å². The highest BCUT2D eigenvalue weighted by Gasteiger charge is 2.23. The molecule has 106 valence electrons. The lowest BCUT2D eigenvalue weighted by Gasteiger charge is -2.23. The Bertz CT molecular complexity index is 302. The molecule has 1 amide bonds. The lowest BCUT2D eigenvalue weighted by atomic mass is 10.2. The van der Waals surface area contributed by atoms with Gasteiger partial charge in [0.15, 0.2) is 0 Å². The predicted octanol–water partition coefficient (Wildman–Crippen LogP) is 1.18. The van der Waals surface area contributed by atoms with Crippen LogP contribution in [-0.2, 0) is 14.3 Å². The van der Waals surface area contributed by atoms with Gasteiger partial charge in [-0.2, -0.15) is 0 Å². The Morgan fingerprint density at radius 1 is 1.06 bits per heavy atom. The van der Waals surface area contributed by atoms with Gasteiger partial charge in [0.2, 0.25) is 0 Å². The molecule has 0 aromatic heterocycles. The van der Waals surface area contributed by atoms with Crippen molar-refractivity contribution in [1.82, 2.24) is 5.32 Å². The minimum absolute atomic E-state index is 0.0240. The standard InChI is InChI=1S/C12H24N2O4/c1-11(2,3)17-9(15)8(13)7-14-10(16)18-12(4,5)6/h8H,7,13H2,1-6H3,(H,14,16)/t8-/m0/s1. The fourth-order valence-corrected chi connectivity index (χ4v) is 0.968. The van der Waals surface area contributed by atoms with Gasteiger partial charge in [-0.25, -0.2) is 4.79 Å². The molecular formula is C12H24N2O4. The first-order valence-corrected chi connectivity index (χ1v) is 5.86. The second-order valence-electron chi connectivity index (χ2n) is 6.02. The van der Waals surface area contributed by atoms with E-state index in [2.05, 4.69) is 5.32 Å². The highest BCUT2D eigenvalue weighted by molar-refractivity contribution is 5.77. The molecule has 6 heteroatoms. The first-order valence-electron chi connectivity index (χ1n) is 5.86. The van der Waals surface area contributed by atoms with E-state index in [-0.39, 0.29) is 6.54 Å². The maximum atomic E-state index is 11.5. The predicted molar refractivity (Wildman–Crippen MR) is 68.1 cm³/mol. The van der Waals surface area contributed by atoms with Crippen LogP contribution in [0.15, 0.2) is 0 Å². The second-order valence-corrected chi connectivity index (χ2v) is 6.02. The van der Waals surface area contributed by atoms with Crippen LogP contribution in [0, 0.1) is 0 Å². The largest absolute Gasteiger partial charge is 0.459 e. The zero-order valence-electron chi connectivity index (χ0n) is 12.0. The first kappa shape index (κ1) is 16.7. The van der Waals surface area contributed by atoms with E-state index in [0.29, 0.717) is 0 Å². The van der Waals surface area contributed by atoms with Crippen molar-refractivity contribution in [2.75, 3.05) is 6.54 Å². The molecule has 3 N–H and O–H groups in total. The van der Waals surface area contributed by atoms with Crippen molar-refractivity contribution in [2.45, 2.75) is 58.8 Å². The van der Waals surface area contributed by atoms with Crippen LogP contribution in [0.2, 0.25) is 0 Å². The number of hydrogen-bond acceptors (Lipinski definition) is 5. The van der Waals surface area contributed by atoms with Gasteiger partial charge in [-0.05, 0) is 41.5 Å². The molecule has 0 spiro atoms. The summed E-state index contributed by atoms with van der Waals surface area (Å²) in [5.74, 6) is -0.557. The van der Waals surface area contributed by atoms with E-state index < -0.39 is 29.3 Å². The van der Waals surface area contributed by atoms with Crippen LogP contribution in [0.25, 0.3) is 0 Å². The molecule has 0 aliphatic rings. The van der Waals surface area contributed by atoms with Crippen LogP contribution in [0.4, 0.5) is 4.79 Å². The summed E-state index contributed by atoms with van der Waals surface area (Å²) in [6, 6.07) is -0.906. The number of esters is 1. The third-order valence-corrected chi connectivity index (χ3v) is 1.57. The maximum absolute atomic E-state index is 11.5. The summed E-state index contributed by atoms with van der Waals surface area (Å²) < 4.78 is 10.1. The lowest BCUT2D eigenvalue weighted by molar-refractivity contribution is -0.156. The molecule has 0 heterocycles. The van der Waals surface area contributed by atoms with Crippen LogP contribution < -0.4 is 11.1 Å². The topological polar surface area (TPSA) is 90.6 Å². The molecule has 18 heavy (non-hydrogen) atoms. The summed E-state index contributed by atoms with van der Waals surface area (Å²) in [6.45, 7) is 10.5. The molecule has 0 aromatic rings. The molecule has 0 radical (unpaired) electrons. The quantitative estimate of drug-likeness (QED) is 0.744. The smallest absolute Gasteiger partial charge is 0.407 e. The number of hydrogen-bond donors (Lipinski definition) is 2. The molecule has 0 bridgehead atoms. The van der Waals surface area contributed by atoms with Gasteiger partial charge in [-0.15, -0.1) is 0 Å². The summed E-state index contributed by atoms with van der Waals surface area (Å²) in [6.07, 6.45) is -0.610. The van der Waals surface area contributed by atoms with Crippen LogP contribution >= 0.6 is 0 Å². The summed E-state index contributed by atoms with van der Waals surface area (Å²) in [5, 5.41) is 2.42. The van der Waals surface area contributed by atoms with E-state index in [4.69, 9.17) is 15.2 Å². The molecule has 0 saturated heterocycles. The molecule has 0 aliphatic heterocycles. The van der Waals surface area contributed by atoms with Gasteiger partial charge in [0.25, 0.3) is 0 Å². The lowest BCUT2D eigenvalue weighted by Crippen LogP contribution is -2.46. The Morgan fingerprint density at radius 3 is 1.89 bits per heavy atom. The molecule has 6 nitrogen and oxygen atoms in total. The molecule has 0 saturated carbocycles. The van der Waals surface area contributed by atoms with Gasteiger partial charge >= 0.3 is 12.1 Å². The monoisotopic (exact) mass is 260 g/mol. The van der Waals surface area contributed by atoms with Gasteiger partial charge in [-0.1, -0.05) is 0 Å². The molecule has 0 aliphatic carbocycles. The third-order valence-electron chi connectivity index (χ3n) is 1.57. The Balaban J connectivity index is 4.07. The van der Waals surface area contributed by atoms with Crippen molar-refractivity contribution in [1.29, 1.82) is 0 Å². The van der Waals surface area contributed by atoms with Crippen molar-refractivity contribution in [2.24, 2.45) is 5.73 Å². The number of nitrogens with two attached hydrogens (primary N) is 1. The number of carbonyl (C=O) groups is 2. The Kier molecular flexibility index (Phi) is 5.60. The van der Waals surface area contributed by atoms with Crippen molar-refractivity contribution >= 4 is 12.1 Å². The Morgan fingerprint density at radius 2 is 1.50 bits per heavy atom. The highest BCUT2D eigenvalue weighted by Crippen LogP contribution is 2.08. The number of rotatable bonds is 3. The van der Waals surface area contributed by atoms with Crippen LogP contribution in [-0.4, -0.2) is 35.9 Å². The van der Waals surface area contributed by atoms with Crippen LogP contribution in [0.3, 0.4) is 0 Å². The SMILES string of the molecule is CC(C)(C)OC(=O)NC[C@H](N)C(=O)OC(C)(C)C. The average molecular weight is 260 g/mol. The third kappa shape index (κ3) is 8.81. The molecular weight excluding hydrogens is 236 g/mol. The van der Waals surface area contributed by atoms with Gasteiger partial charge in [-0.3, -0.25) is 4.79 Å². The average Bonchev–Trinajstić information content (AvgIpc) is 2.08. The van der Waals surface area contributed by atoms with Gasteiger partial charge in [0.1, 0.15) is 17.2 Å². The van der Waals surface area contributed by atoms with E-state index in [1.165, 1.54) is 0 Å². The minimum Gasteiger partial charge on any atom is -0.459 e. The number of ether oxygens (including phenoxy) is 2. The van der Waals surface area contributed by atoms with Gasteiger partial charge in [0.05, 0.1) is 0 Å². The van der Waals surface area contributed by atoms with Crippen molar-refractivity contribution in [3.05, 3.63) is 0 Å². The molecule has 0 unspecified atom stereocenters. The number of nitrogens with one attached hydrogen (secondary N) is 1. The van der Waals surface area contributed by atoms with Crippen molar-refractivity contribution < 1.29 is 19.1 Å². The second kappa shape index (κ2) is 6.04. The van der Waals surface area contributed by atoms with Crippen molar-refractivity contribution in [3.63, 3.8) is 0 Å². The van der Waals surface area contributed by atoms with E-state index in [1.807, 2.05) is 0 Å². The normalized spacial score (nSPS) is 13.7. The summed E-state index contributed by atoms with van der Waals surface area (Å²) >= 11 is 0. The number of carbonyl (C=O) groups excluding carboxylic acids is 2. The fourth-order valence-electron chi connectivity index (χ4n) is 0.968. The van der Waals surface area contributed by atoms with E-state index >= 15 is 0 Å². The number of amides is 1. The molecule has 1 atom stereocenters. The molecule has 0 fully saturated rings. The van der Waals surface area contributed by atoms with E-state index in [0.717, 1.165) is 0 Å². The van der Waals surface area contributed by atoms with Crippen LogP contribution in [0.5, 0.6) is 0 Å². The summed E-state index contributed by atoms with van der Waals surface area (Å²) in [7, 11) is 0.